The predicted molar refractivity (Wildman–Crippen MR) is 112 cm³/mol. The summed E-state index contributed by atoms with van der Waals surface area (Å²) < 4.78 is 0. The molecule has 1 saturated carbocycles. The van der Waals surface area contributed by atoms with Gasteiger partial charge in [0.25, 0.3) is 0 Å². The van der Waals surface area contributed by atoms with E-state index in [1.165, 1.54) is 63.6 Å². The van der Waals surface area contributed by atoms with Gasteiger partial charge in [-0.1, -0.05) is 31.4 Å². The van der Waals surface area contributed by atoms with Gasteiger partial charge in [-0.15, -0.1) is 0 Å². The lowest BCUT2D eigenvalue weighted by atomic mass is 9.83. The number of urea groups is 1. The van der Waals surface area contributed by atoms with Gasteiger partial charge in [0, 0.05) is 24.8 Å². The average molecular weight is 373 g/mol. The molecule has 0 radical (unpaired) electrons. The van der Waals surface area contributed by atoms with Gasteiger partial charge in [0.1, 0.15) is 0 Å². The van der Waals surface area contributed by atoms with Crippen LogP contribution in [0.1, 0.15) is 50.5 Å². The number of nitrogens with one attached hydrogen (secondary N) is 2. The Morgan fingerprint density at radius 1 is 1.15 bits per heavy atom. The minimum atomic E-state index is -0.101. The molecule has 1 atom stereocenters. The zero-order valence-electron chi connectivity index (χ0n) is 17.0. The van der Waals surface area contributed by atoms with Crippen LogP contribution in [0.2, 0.25) is 0 Å². The number of rotatable bonds is 7. The third-order valence-electron chi connectivity index (χ3n) is 6.12. The van der Waals surface area contributed by atoms with Gasteiger partial charge in [-0.2, -0.15) is 0 Å². The highest BCUT2D eigenvalue weighted by Crippen LogP contribution is 2.28. The summed E-state index contributed by atoms with van der Waals surface area (Å²) in [5.74, 6) is 0.692. The van der Waals surface area contributed by atoms with Crippen molar-refractivity contribution < 1.29 is 4.79 Å². The van der Waals surface area contributed by atoms with E-state index < -0.39 is 0 Å². The summed E-state index contributed by atoms with van der Waals surface area (Å²) in [5.41, 5.74) is 2.14. The van der Waals surface area contributed by atoms with Crippen LogP contribution in [0.5, 0.6) is 0 Å². The fourth-order valence-corrected chi connectivity index (χ4v) is 4.61. The molecular formula is C22H36N4O. The number of likely N-dealkylation sites (tertiary alicyclic amines) is 1. The number of anilines is 1. The van der Waals surface area contributed by atoms with E-state index in [1.807, 2.05) is 12.1 Å². The van der Waals surface area contributed by atoms with Crippen LogP contribution in [-0.4, -0.2) is 55.6 Å². The average Bonchev–Trinajstić information content (AvgIpc) is 3.16. The second kappa shape index (κ2) is 10.1. The van der Waals surface area contributed by atoms with E-state index >= 15 is 0 Å². The minimum Gasteiger partial charge on any atom is -0.336 e. The lowest BCUT2D eigenvalue weighted by Crippen LogP contribution is -2.46. The number of benzene rings is 1. The largest absolute Gasteiger partial charge is 0.336 e. The Balaban J connectivity index is 1.49. The van der Waals surface area contributed by atoms with E-state index in [1.54, 1.807) is 0 Å². The van der Waals surface area contributed by atoms with Crippen LogP contribution in [0.25, 0.3) is 0 Å². The Labute approximate surface area is 164 Å². The fraction of sp³-hybridized carbons (Fsp3) is 0.682. The third-order valence-corrected chi connectivity index (χ3v) is 6.12. The van der Waals surface area contributed by atoms with Crippen LogP contribution >= 0.6 is 0 Å². The van der Waals surface area contributed by atoms with E-state index in [4.69, 9.17) is 0 Å². The van der Waals surface area contributed by atoms with Gasteiger partial charge in [-0.3, -0.25) is 4.90 Å². The Hall–Kier alpha value is -1.59. The smallest absolute Gasteiger partial charge is 0.319 e. The maximum atomic E-state index is 12.4. The molecule has 2 amide bonds. The molecule has 3 rings (SSSR count). The molecule has 1 saturated heterocycles. The number of amides is 2. The molecule has 2 fully saturated rings. The molecule has 2 aliphatic rings. The zero-order chi connectivity index (χ0) is 19.1. The predicted octanol–water partition coefficient (Wildman–Crippen LogP) is 3.91. The molecular weight excluding hydrogens is 336 g/mol. The number of carbonyl (C=O) groups excluding carboxylic acids is 1. The van der Waals surface area contributed by atoms with Gasteiger partial charge in [0.05, 0.1) is 0 Å². The highest BCUT2D eigenvalue weighted by Gasteiger charge is 2.25. The quantitative estimate of drug-likeness (QED) is 0.763. The third kappa shape index (κ3) is 6.22. The monoisotopic (exact) mass is 372 g/mol. The van der Waals surface area contributed by atoms with Crippen molar-refractivity contribution in [3.63, 3.8) is 0 Å². The number of carbonyl (C=O) groups is 1. The first-order chi connectivity index (χ1) is 13.1. The van der Waals surface area contributed by atoms with Crippen molar-refractivity contribution in [1.82, 2.24) is 15.1 Å². The zero-order valence-corrected chi connectivity index (χ0v) is 17.0. The Morgan fingerprint density at radius 2 is 1.89 bits per heavy atom. The summed E-state index contributed by atoms with van der Waals surface area (Å²) in [6.07, 6.45) is 9.17. The molecule has 0 spiro atoms. The van der Waals surface area contributed by atoms with E-state index in [-0.39, 0.29) is 6.03 Å². The van der Waals surface area contributed by atoms with Crippen LogP contribution in [0.4, 0.5) is 10.5 Å². The molecule has 0 unspecified atom stereocenters. The summed E-state index contributed by atoms with van der Waals surface area (Å²) in [6, 6.07) is 8.56. The van der Waals surface area contributed by atoms with Crippen molar-refractivity contribution in [3.05, 3.63) is 29.8 Å². The Kier molecular flexibility index (Phi) is 7.53. The first-order valence-electron chi connectivity index (χ1n) is 10.6. The van der Waals surface area contributed by atoms with E-state index in [0.717, 1.165) is 12.2 Å². The first-order valence-corrected chi connectivity index (χ1v) is 10.6. The highest BCUT2D eigenvalue weighted by molar-refractivity contribution is 5.89. The molecule has 150 valence electrons. The Morgan fingerprint density at radius 3 is 2.59 bits per heavy atom. The molecule has 1 aromatic rings. The van der Waals surface area contributed by atoms with Gasteiger partial charge in [0.2, 0.25) is 0 Å². The number of hydrogen-bond donors (Lipinski definition) is 2. The molecule has 27 heavy (non-hydrogen) atoms. The minimum absolute atomic E-state index is 0.101. The van der Waals surface area contributed by atoms with E-state index in [2.05, 4.69) is 46.7 Å². The molecule has 1 aliphatic heterocycles. The van der Waals surface area contributed by atoms with Gasteiger partial charge >= 0.3 is 6.03 Å². The summed E-state index contributed by atoms with van der Waals surface area (Å²) in [5, 5.41) is 6.12. The van der Waals surface area contributed by atoms with Crippen molar-refractivity contribution in [2.45, 2.75) is 57.5 Å². The molecule has 0 bridgehead atoms. The lowest BCUT2D eigenvalue weighted by molar-refractivity contribution is 0.167. The van der Waals surface area contributed by atoms with E-state index in [9.17, 15) is 4.79 Å². The fourth-order valence-electron chi connectivity index (χ4n) is 4.61. The summed E-state index contributed by atoms with van der Waals surface area (Å²) in [6.45, 7) is 4.05. The molecule has 2 N–H and O–H groups in total. The lowest BCUT2D eigenvalue weighted by Gasteiger charge is -2.34. The standard InChI is InChI=1S/C22H36N4O/c1-25(2)21(19-10-4-3-5-11-19)16-23-22(27)24-20-12-8-9-18(15-20)17-26-13-6-7-14-26/h8-9,12,15,19,21H,3-7,10-11,13-14,16-17H2,1-2H3,(H2,23,24,27)/t21-/m1/s1. The van der Waals surface area contributed by atoms with Crippen LogP contribution < -0.4 is 10.6 Å². The molecule has 0 aromatic heterocycles. The molecule has 1 aromatic carbocycles. The van der Waals surface area contributed by atoms with Gasteiger partial charge < -0.3 is 15.5 Å². The van der Waals surface area contributed by atoms with Crippen molar-refractivity contribution >= 4 is 11.7 Å². The summed E-state index contributed by atoms with van der Waals surface area (Å²) in [4.78, 5) is 17.2. The van der Waals surface area contributed by atoms with E-state index in [0.29, 0.717) is 18.5 Å². The van der Waals surface area contributed by atoms with Crippen LogP contribution in [0.3, 0.4) is 0 Å². The maximum absolute atomic E-state index is 12.4. The molecule has 5 nitrogen and oxygen atoms in total. The first kappa shape index (κ1) is 20.2. The summed E-state index contributed by atoms with van der Waals surface area (Å²) >= 11 is 0. The van der Waals surface area contributed by atoms with Crippen molar-refractivity contribution in [1.29, 1.82) is 0 Å². The van der Waals surface area contributed by atoms with Gasteiger partial charge in [-0.05, 0) is 76.5 Å². The van der Waals surface area contributed by atoms with Gasteiger partial charge in [0.15, 0.2) is 0 Å². The number of hydrogen-bond acceptors (Lipinski definition) is 3. The SMILES string of the molecule is CN(C)[C@H](CNC(=O)Nc1cccc(CN2CCCC2)c1)C1CCCCC1. The summed E-state index contributed by atoms with van der Waals surface area (Å²) in [7, 11) is 4.25. The maximum Gasteiger partial charge on any atom is 0.319 e. The van der Waals surface area contributed by atoms with Gasteiger partial charge in [-0.25, -0.2) is 4.79 Å². The van der Waals surface area contributed by atoms with Crippen LogP contribution in [0.15, 0.2) is 24.3 Å². The number of likely N-dealkylation sites (N-methyl/N-ethyl adjacent to an activating group) is 1. The second-order valence-electron chi connectivity index (χ2n) is 8.45. The Bertz CT molecular complexity index is 592. The van der Waals surface area contributed by atoms with Crippen molar-refractivity contribution in [2.75, 3.05) is 39.0 Å². The van der Waals surface area contributed by atoms with Crippen molar-refractivity contribution in [3.8, 4) is 0 Å². The van der Waals surface area contributed by atoms with Crippen LogP contribution in [-0.2, 0) is 6.54 Å². The second-order valence-corrected chi connectivity index (χ2v) is 8.45. The molecule has 1 heterocycles. The normalized spacial score (nSPS) is 20.0. The topological polar surface area (TPSA) is 47.6 Å². The van der Waals surface area contributed by atoms with Crippen LogP contribution in [0, 0.1) is 5.92 Å². The molecule has 5 heteroatoms. The van der Waals surface area contributed by atoms with Crippen molar-refractivity contribution in [2.24, 2.45) is 5.92 Å². The molecule has 1 aliphatic carbocycles. The number of nitrogens with zero attached hydrogens (tertiary/aromatic N) is 2. The highest BCUT2D eigenvalue weighted by atomic mass is 16.2.